The monoisotopic (exact) mass is 458 g/mol. The Labute approximate surface area is 187 Å². The minimum atomic E-state index is -1.75. The summed E-state index contributed by atoms with van der Waals surface area (Å²) in [5, 5.41) is 51.1. The number of quaternary nitrogens is 2. The van der Waals surface area contributed by atoms with Gasteiger partial charge in [-0.05, 0) is 25.7 Å². The highest BCUT2D eigenvalue weighted by molar-refractivity contribution is 5.60. The van der Waals surface area contributed by atoms with E-state index in [2.05, 4.69) is 56.1 Å². The molecule has 12 nitrogen and oxygen atoms in total. The van der Waals surface area contributed by atoms with Crippen LogP contribution in [0.4, 0.5) is 0 Å². The first-order valence-electron chi connectivity index (χ1n) is 10.1. The number of carbonyl (C=O) groups is 1. The Morgan fingerprint density at radius 1 is 1.03 bits per heavy atom. The van der Waals surface area contributed by atoms with E-state index in [-0.39, 0.29) is 13.2 Å². The number of rotatable bonds is 5. The Bertz CT molecular complexity index is 394. The molecule has 0 radical (unpaired) electrons. The molecule has 1 aliphatic heterocycles. The number of likely N-dealkylation sites (N-methyl/N-ethyl adjacent to an activating group) is 2. The predicted octanol–water partition coefficient (Wildman–Crippen LogP) is -0.617. The third kappa shape index (κ3) is 43.2. The van der Waals surface area contributed by atoms with Crippen LogP contribution >= 0.6 is 0 Å². The fraction of sp³-hybridized carbons (Fsp3) is 0.947. The number of carbonyl (C=O) groups excluding carboxylic acids is 1. The predicted molar refractivity (Wildman–Crippen MR) is 117 cm³/mol. The number of hydroxylamine groups is 2. The SMILES string of the molecule is CC(=O)[O-].CCC1C(C)CCN1O.C[N+](C)(C)CCO.C[N+](C)(C)CCO.O=[N+]([O-])[O-]. The molecule has 3 N–H and O–H groups in total. The average molecular weight is 459 g/mol. The van der Waals surface area contributed by atoms with Crippen molar-refractivity contribution in [2.75, 3.05) is 75.1 Å². The van der Waals surface area contributed by atoms with Crippen LogP contribution in [0.25, 0.3) is 0 Å². The minimum absolute atomic E-state index is 0.281. The molecule has 0 aromatic carbocycles. The molecule has 0 aromatic heterocycles. The van der Waals surface area contributed by atoms with Crippen LogP contribution in [0, 0.1) is 21.2 Å². The van der Waals surface area contributed by atoms with Gasteiger partial charge in [0.05, 0.1) is 60.6 Å². The molecule has 1 fully saturated rings. The maximum atomic E-state index is 9.19. The zero-order chi connectivity index (χ0) is 25.8. The number of aliphatic carboxylic acids is 1. The number of aliphatic hydroxyl groups is 2. The summed E-state index contributed by atoms with van der Waals surface area (Å²) in [7, 11) is 12.3. The number of hydrogen-bond donors (Lipinski definition) is 3. The number of nitrogens with zero attached hydrogens (tertiary/aromatic N) is 4. The maximum Gasteiger partial charge on any atom is 0.101 e. The number of hydrogen-bond acceptors (Lipinski definition) is 9. The minimum Gasteiger partial charge on any atom is -0.550 e. The summed E-state index contributed by atoms with van der Waals surface area (Å²) in [6, 6.07) is 0.421. The molecule has 2 unspecified atom stereocenters. The Morgan fingerprint density at radius 2 is 1.32 bits per heavy atom. The van der Waals surface area contributed by atoms with E-state index in [1.807, 2.05) is 0 Å². The van der Waals surface area contributed by atoms with Crippen LogP contribution in [-0.4, -0.2) is 122 Å². The van der Waals surface area contributed by atoms with E-state index in [1.54, 1.807) is 0 Å². The molecule has 1 heterocycles. The Balaban J connectivity index is -0.000000153. The van der Waals surface area contributed by atoms with Crippen LogP contribution in [0.5, 0.6) is 0 Å². The lowest BCUT2D eigenvalue weighted by molar-refractivity contribution is -0.870. The fourth-order valence-corrected chi connectivity index (χ4v) is 2.20. The van der Waals surface area contributed by atoms with Crippen LogP contribution < -0.4 is 5.11 Å². The Morgan fingerprint density at radius 3 is 1.39 bits per heavy atom. The summed E-state index contributed by atoms with van der Waals surface area (Å²) in [6.45, 7) is 8.38. The zero-order valence-corrected chi connectivity index (χ0v) is 20.8. The lowest BCUT2D eigenvalue weighted by atomic mass is 10.0. The lowest BCUT2D eigenvalue weighted by Gasteiger charge is -2.21. The van der Waals surface area contributed by atoms with Gasteiger partial charge in [0.25, 0.3) is 0 Å². The third-order valence-electron chi connectivity index (χ3n) is 3.81. The summed E-state index contributed by atoms with van der Waals surface area (Å²) >= 11 is 0. The van der Waals surface area contributed by atoms with Gasteiger partial charge >= 0.3 is 0 Å². The van der Waals surface area contributed by atoms with Crippen molar-refractivity contribution >= 4 is 5.97 Å². The molecule has 1 aliphatic rings. The van der Waals surface area contributed by atoms with Gasteiger partial charge in [-0.25, -0.2) is 0 Å². The van der Waals surface area contributed by atoms with Gasteiger partial charge in [-0.1, -0.05) is 13.8 Å². The molecule has 1 saturated heterocycles. The molecule has 2 atom stereocenters. The third-order valence-corrected chi connectivity index (χ3v) is 3.81. The highest BCUT2D eigenvalue weighted by Gasteiger charge is 2.27. The van der Waals surface area contributed by atoms with Crippen molar-refractivity contribution in [1.29, 1.82) is 0 Å². The van der Waals surface area contributed by atoms with E-state index in [0.29, 0.717) is 12.0 Å². The Hall–Kier alpha value is -1.57. The maximum absolute atomic E-state index is 9.19. The molecule has 190 valence electrons. The summed E-state index contributed by atoms with van der Waals surface area (Å²) < 4.78 is 1.69. The molecular weight excluding hydrogens is 412 g/mol. The van der Waals surface area contributed by atoms with Crippen LogP contribution in [-0.2, 0) is 4.79 Å². The van der Waals surface area contributed by atoms with Crippen LogP contribution in [0.1, 0.15) is 33.6 Å². The van der Waals surface area contributed by atoms with Gasteiger partial charge in [0.2, 0.25) is 0 Å². The van der Waals surface area contributed by atoms with E-state index in [0.717, 1.165) is 48.4 Å². The van der Waals surface area contributed by atoms with Crippen molar-refractivity contribution in [3.05, 3.63) is 15.3 Å². The second-order valence-corrected chi connectivity index (χ2v) is 9.09. The van der Waals surface area contributed by atoms with Crippen molar-refractivity contribution in [2.45, 2.75) is 39.7 Å². The smallest absolute Gasteiger partial charge is 0.101 e. The molecule has 0 amide bonds. The molecule has 31 heavy (non-hydrogen) atoms. The van der Waals surface area contributed by atoms with Gasteiger partial charge in [-0.2, -0.15) is 5.06 Å². The number of carboxylic acid groups (broad SMARTS) is 1. The Kier molecular flexibility index (Phi) is 24.1. The standard InChI is InChI=1S/C7H15NO.2C5H14NO.C2H4O2.NO3/c1-3-7-6(2)4-5-8(7)9;2*1-6(2,3)4-5-7;1-2(3)4;2-1(3)4/h6-7,9H,3-5H2,1-2H3;2*7H,4-5H2,1-3H3;1H3,(H,3,4);/q;2*+1;;-1/p-1. The molecule has 1 rings (SSSR count). The van der Waals surface area contributed by atoms with Crippen molar-refractivity contribution in [3.63, 3.8) is 0 Å². The summed E-state index contributed by atoms with van der Waals surface area (Å²) in [6.07, 6.45) is 2.21. The van der Waals surface area contributed by atoms with Gasteiger partial charge in [0, 0.05) is 18.6 Å². The highest BCUT2D eigenvalue weighted by atomic mass is 16.9. The van der Waals surface area contributed by atoms with E-state index in [1.165, 1.54) is 5.06 Å². The van der Waals surface area contributed by atoms with Gasteiger partial charge in [0.15, 0.2) is 0 Å². The molecule has 0 bridgehead atoms. The van der Waals surface area contributed by atoms with E-state index in [9.17, 15) is 5.21 Å². The molecule has 0 aromatic rings. The van der Waals surface area contributed by atoms with E-state index in [4.69, 9.17) is 35.4 Å². The second kappa shape index (κ2) is 20.3. The molecular formula is C19H46N4O8. The number of carboxylic acids is 1. The average Bonchev–Trinajstić information content (AvgIpc) is 2.83. The van der Waals surface area contributed by atoms with E-state index >= 15 is 0 Å². The van der Waals surface area contributed by atoms with Gasteiger partial charge in [-0.15, -0.1) is 0 Å². The van der Waals surface area contributed by atoms with Gasteiger partial charge in [-0.3, -0.25) is 0 Å². The topological polar surface area (TPSA) is 170 Å². The first-order valence-corrected chi connectivity index (χ1v) is 10.1. The quantitative estimate of drug-likeness (QED) is 0.276. The van der Waals surface area contributed by atoms with Gasteiger partial charge in [0.1, 0.15) is 13.1 Å². The fourth-order valence-electron chi connectivity index (χ4n) is 2.20. The second-order valence-electron chi connectivity index (χ2n) is 9.09. The molecule has 12 heteroatoms. The zero-order valence-electron chi connectivity index (χ0n) is 20.8. The summed E-state index contributed by atoms with van der Waals surface area (Å²) in [4.78, 5) is 17.1. The van der Waals surface area contributed by atoms with E-state index < -0.39 is 11.1 Å². The molecule has 0 saturated carbocycles. The van der Waals surface area contributed by atoms with Crippen molar-refractivity contribution in [1.82, 2.24) is 5.06 Å². The highest BCUT2D eigenvalue weighted by Crippen LogP contribution is 2.23. The summed E-state index contributed by atoms with van der Waals surface area (Å²) in [5.74, 6) is -0.403. The van der Waals surface area contributed by atoms with Crippen molar-refractivity contribution in [2.24, 2.45) is 5.92 Å². The number of aliphatic hydroxyl groups excluding tert-OH is 2. The van der Waals surface area contributed by atoms with Crippen molar-refractivity contribution in [3.8, 4) is 0 Å². The van der Waals surface area contributed by atoms with Crippen LogP contribution in [0.3, 0.4) is 0 Å². The normalized spacial score (nSPS) is 17.9. The van der Waals surface area contributed by atoms with Crippen LogP contribution in [0.15, 0.2) is 0 Å². The summed E-state index contributed by atoms with van der Waals surface area (Å²) in [5.41, 5.74) is 0. The molecule has 0 spiro atoms. The van der Waals surface area contributed by atoms with Gasteiger partial charge < -0.3 is 49.6 Å². The van der Waals surface area contributed by atoms with Crippen molar-refractivity contribution < 1.29 is 39.4 Å². The lowest BCUT2D eigenvalue weighted by Crippen LogP contribution is -2.36. The first kappa shape index (κ1) is 36.8. The van der Waals surface area contributed by atoms with Crippen LogP contribution in [0.2, 0.25) is 0 Å². The molecule has 0 aliphatic carbocycles. The largest absolute Gasteiger partial charge is 0.550 e. The first-order chi connectivity index (χ1) is 13.8.